The van der Waals surface area contributed by atoms with Crippen molar-refractivity contribution in [2.75, 3.05) is 19.8 Å². The van der Waals surface area contributed by atoms with E-state index < -0.39 is 0 Å². The Morgan fingerprint density at radius 1 is 1.27 bits per heavy atom. The fourth-order valence-corrected chi connectivity index (χ4v) is 2.18. The molecule has 0 unspecified atom stereocenters. The molecule has 1 aromatic carbocycles. The molecule has 2 heterocycles. The lowest BCUT2D eigenvalue weighted by atomic mass is 10.1. The third-order valence-electron chi connectivity index (χ3n) is 3.02. The van der Waals surface area contributed by atoms with Crippen LogP contribution in [0, 0.1) is 0 Å². The molecule has 2 aliphatic heterocycles. The Hall–Kier alpha value is -0.900. The van der Waals surface area contributed by atoms with Crippen molar-refractivity contribution in [1.82, 2.24) is 5.32 Å². The predicted molar refractivity (Wildman–Crippen MR) is 56.6 cm³/mol. The molecule has 3 rings (SSSR count). The number of ether oxygens (including phenoxy) is 2. The van der Waals surface area contributed by atoms with Crippen LogP contribution in [0.1, 0.15) is 5.56 Å². The summed E-state index contributed by atoms with van der Waals surface area (Å²) in [6.07, 6.45) is 1.03. The largest absolute Gasteiger partial charge is 0.372 e. The van der Waals surface area contributed by atoms with E-state index in [-0.39, 0.29) is 5.72 Å². The second-order valence-corrected chi connectivity index (χ2v) is 4.33. The molecule has 0 amide bonds. The summed E-state index contributed by atoms with van der Waals surface area (Å²) in [5, 5.41) is 3.51. The Kier molecular flexibility index (Phi) is 2.24. The van der Waals surface area contributed by atoms with Gasteiger partial charge in [0.2, 0.25) is 0 Å². The lowest BCUT2D eigenvalue weighted by Gasteiger charge is -2.37. The summed E-state index contributed by atoms with van der Waals surface area (Å²) >= 11 is 0. The Morgan fingerprint density at radius 3 is 2.67 bits per heavy atom. The highest BCUT2D eigenvalue weighted by Crippen LogP contribution is 2.25. The molecular weight excluding hydrogens is 190 g/mol. The number of rotatable bonds is 2. The SMILES string of the molecule is c1ccc(C[C@H]2COC3(COC3)N2)cc1. The maximum absolute atomic E-state index is 5.73. The first-order valence-corrected chi connectivity index (χ1v) is 5.40. The van der Waals surface area contributed by atoms with E-state index >= 15 is 0 Å². The van der Waals surface area contributed by atoms with Crippen molar-refractivity contribution in [3.8, 4) is 0 Å². The van der Waals surface area contributed by atoms with Gasteiger partial charge in [0.25, 0.3) is 0 Å². The quantitative estimate of drug-likeness (QED) is 0.779. The molecule has 0 bridgehead atoms. The molecule has 3 heteroatoms. The summed E-state index contributed by atoms with van der Waals surface area (Å²) < 4.78 is 10.9. The highest BCUT2D eigenvalue weighted by molar-refractivity contribution is 5.16. The summed E-state index contributed by atoms with van der Waals surface area (Å²) in [4.78, 5) is 0. The second kappa shape index (κ2) is 3.59. The van der Waals surface area contributed by atoms with Crippen molar-refractivity contribution in [2.24, 2.45) is 0 Å². The van der Waals surface area contributed by atoms with Crippen LogP contribution < -0.4 is 5.32 Å². The summed E-state index contributed by atoms with van der Waals surface area (Å²) in [6, 6.07) is 10.9. The second-order valence-electron chi connectivity index (χ2n) is 4.33. The molecule has 0 aromatic heterocycles. The van der Waals surface area contributed by atoms with E-state index in [2.05, 4.69) is 29.6 Å². The van der Waals surface area contributed by atoms with Crippen molar-refractivity contribution in [3.63, 3.8) is 0 Å². The first kappa shape index (κ1) is 9.33. The van der Waals surface area contributed by atoms with E-state index in [4.69, 9.17) is 9.47 Å². The topological polar surface area (TPSA) is 30.5 Å². The van der Waals surface area contributed by atoms with Crippen molar-refractivity contribution < 1.29 is 9.47 Å². The molecule has 3 nitrogen and oxygen atoms in total. The first-order chi connectivity index (χ1) is 7.36. The Balaban J connectivity index is 1.61. The van der Waals surface area contributed by atoms with Gasteiger partial charge in [0.05, 0.1) is 19.8 Å². The van der Waals surface area contributed by atoms with Crippen LogP contribution in [0.4, 0.5) is 0 Å². The molecule has 1 spiro atoms. The fourth-order valence-electron chi connectivity index (χ4n) is 2.18. The molecule has 0 saturated carbocycles. The van der Waals surface area contributed by atoms with Gasteiger partial charge in [-0.2, -0.15) is 0 Å². The van der Waals surface area contributed by atoms with Crippen LogP contribution in [-0.2, 0) is 15.9 Å². The molecule has 1 N–H and O–H groups in total. The lowest BCUT2D eigenvalue weighted by Crippen LogP contribution is -2.59. The zero-order valence-corrected chi connectivity index (χ0v) is 8.61. The maximum atomic E-state index is 5.73. The smallest absolute Gasteiger partial charge is 0.166 e. The summed E-state index contributed by atoms with van der Waals surface area (Å²) in [5.41, 5.74) is 1.20. The van der Waals surface area contributed by atoms with Gasteiger partial charge < -0.3 is 9.47 Å². The molecule has 1 aromatic rings. The molecule has 2 fully saturated rings. The van der Waals surface area contributed by atoms with Crippen molar-refractivity contribution in [2.45, 2.75) is 18.2 Å². The van der Waals surface area contributed by atoms with Gasteiger partial charge in [-0.3, -0.25) is 5.32 Å². The zero-order chi connectivity index (χ0) is 10.1. The molecular formula is C12H15NO2. The van der Waals surface area contributed by atoms with Crippen LogP contribution in [0.15, 0.2) is 30.3 Å². The van der Waals surface area contributed by atoms with Gasteiger partial charge in [-0.05, 0) is 12.0 Å². The fraction of sp³-hybridized carbons (Fsp3) is 0.500. The van der Waals surface area contributed by atoms with E-state index in [0.717, 1.165) is 13.0 Å². The lowest BCUT2D eigenvalue weighted by molar-refractivity contribution is -0.195. The average Bonchev–Trinajstić information content (AvgIpc) is 2.63. The van der Waals surface area contributed by atoms with Crippen LogP contribution in [0.5, 0.6) is 0 Å². The minimum atomic E-state index is -0.153. The van der Waals surface area contributed by atoms with E-state index in [1.165, 1.54) is 5.56 Å². The zero-order valence-electron chi connectivity index (χ0n) is 8.61. The minimum absolute atomic E-state index is 0.153. The number of benzene rings is 1. The third-order valence-corrected chi connectivity index (χ3v) is 3.02. The van der Waals surface area contributed by atoms with E-state index in [9.17, 15) is 0 Å². The molecule has 0 aliphatic carbocycles. The Labute approximate surface area is 89.4 Å². The van der Waals surface area contributed by atoms with Gasteiger partial charge in [0.1, 0.15) is 0 Å². The molecule has 80 valence electrons. The Bertz CT molecular complexity index is 335. The summed E-state index contributed by atoms with van der Waals surface area (Å²) in [7, 11) is 0. The van der Waals surface area contributed by atoms with Crippen molar-refractivity contribution >= 4 is 0 Å². The highest BCUT2D eigenvalue weighted by Gasteiger charge is 2.45. The molecule has 1 atom stereocenters. The number of hydrogen-bond acceptors (Lipinski definition) is 3. The molecule has 15 heavy (non-hydrogen) atoms. The minimum Gasteiger partial charge on any atom is -0.372 e. The standard InChI is InChI=1S/C12H15NO2/c1-2-4-10(5-3-1)6-11-7-15-12(13-11)8-14-9-12/h1-5,11,13H,6-9H2/t11-/m0/s1. The van der Waals surface area contributed by atoms with Crippen LogP contribution in [-0.4, -0.2) is 31.6 Å². The van der Waals surface area contributed by atoms with E-state index in [1.807, 2.05) is 6.07 Å². The number of hydrogen-bond donors (Lipinski definition) is 1. The third kappa shape index (κ3) is 1.78. The molecule has 2 aliphatic rings. The maximum Gasteiger partial charge on any atom is 0.166 e. The molecule has 2 saturated heterocycles. The van der Waals surface area contributed by atoms with Gasteiger partial charge >= 0.3 is 0 Å². The van der Waals surface area contributed by atoms with E-state index in [0.29, 0.717) is 19.3 Å². The van der Waals surface area contributed by atoms with Gasteiger partial charge in [-0.15, -0.1) is 0 Å². The van der Waals surface area contributed by atoms with Crippen LogP contribution in [0.25, 0.3) is 0 Å². The van der Waals surface area contributed by atoms with Crippen molar-refractivity contribution in [3.05, 3.63) is 35.9 Å². The van der Waals surface area contributed by atoms with Gasteiger partial charge in [0.15, 0.2) is 5.72 Å². The van der Waals surface area contributed by atoms with E-state index in [1.54, 1.807) is 0 Å². The van der Waals surface area contributed by atoms with Crippen LogP contribution in [0.2, 0.25) is 0 Å². The monoisotopic (exact) mass is 205 g/mol. The Morgan fingerprint density at radius 2 is 2.07 bits per heavy atom. The van der Waals surface area contributed by atoms with Gasteiger partial charge in [0, 0.05) is 6.04 Å². The summed E-state index contributed by atoms with van der Waals surface area (Å²) in [5.74, 6) is 0. The van der Waals surface area contributed by atoms with Crippen molar-refractivity contribution in [1.29, 1.82) is 0 Å². The predicted octanol–water partition coefficient (Wildman–Crippen LogP) is 0.944. The van der Waals surface area contributed by atoms with Crippen LogP contribution >= 0.6 is 0 Å². The average molecular weight is 205 g/mol. The number of nitrogens with one attached hydrogen (secondary N) is 1. The first-order valence-electron chi connectivity index (χ1n) is 5.40. The van der Waals surface area contributed by atoms with Gasteiger partial charge in [-0.1, -0.05) is 30.3 Å². The van der Waals surface area contributed by atoms with Crippen LogP contribution in [0.3, 0.4) is 0 Å². The highest BCUT2D eigenvalue weighted by atomic mass is 16.6. The summed E-state index contributed by atoms with van der Waals surface area (Å²) in [6.45, 7) is 2.18. The normalized spacial score (nSPS) is 27.9. The molecule has 0 radical (unpaired) electrons. The van der Waals surface area contributed by atoms with Gasteiger partial charge in [-0.25, -0.2) is 0 Å².